The number of hydrogen-bond donors (Lipinski definition) is 0. The second-order valence-corrected chi connectivity index (χ2v) is 11.9. The van der Waals surface area contributed by atoms with E-state index in [2.05, 4.69) is 57.4 Å². The van der Waals surface area contributed by atoms with E-state index in [4.69, 9.17) is 14.7 Å². The summed E-state index contributed by atoms with van der Waals surface area (Å²) in [6.45, 7) is 9.66. The van der Waals surface area contributed by atoms with Gasteiger partial charge in [-0.15, -0.1) is 0 Å². The highest BCUT2D eigenvalue weighted by molar-refractivity contribution is 5.87. The number of carbonyl (C=O) groups excluding carboxylic acids is 1. The number of likely N-dealkylation sites (N-methyl/N-ethyl adjacent to an activating group) is 1. The van der Waals surface area contributed by atoms with Crippen LogP contribution >= 0.6 is 0 Å². The number of pyridine rings is 1. The van der Waals surface area contributed by atoms with Gasteiger partial charge in [0.2, 0.25) is 11.8 Å². The highest BCUT2D eigenvalue weighted by Crippen LogP contribution is 2.37. The average molecular weight is 572 g/mol. The maximum atomic E-state index is 12.5. The molecule has 4 aliphatic heterocycles. The molecule has 0 aromatic carbocycles. The number of amides is 1. The minimum absolute atomic E-state index is 0.120. The summed E-state index contributed by atoms with van der Waals surface area (Å²) in [6.07, 6.45) is 8.52. The summed E-state index contributed by atoms with van der Waals surface area (Å²) < 4.78 is 6.39. The summed E-state index contributed by atoms with van der Waals surface area (Å²) in [4.78, 5) is 38.0. The highest BCUT2D eigenvalue weighted by atomic mass is 16.5. The fourth-order valence-corrected chi connectivity index (χ4v) is 6.98. The van der Waals surface area contributed by atoms with Gasteiger partial charge >= 0.3 is 0 Å². The van der Waals surface area contributed by atoms with Gasteiger partial charge in [-0.25, -0.2) is 15.0 Å². The number of piperazine rings is 1. The Bertz CT molecular complexity index is 1370. The molecule has 42 heavy (non-hydrogen) atoms. The topological polar surface area (TPSA) is 105 Å². The minimum atomic E-state index is -0.195. The van der Waals surface area contributed by atoms with Crippen molar-refractivity contribution in [1.29, 1.82) is 5.26 Å². The lowest BCUT2D eigenvalue weighted by Gasteiger charge is -2.43. The molecular weight excluding hydrogens is 530 g/mol. The molecule has 6 heterocycles. The summed E-state index contributed by atoms with van der Waals surface area (Å²) in [6, 6.07) is 4.56. The number of anilines is 3. The van der Waals surface area contributed by atoms with Crippen molar-refractivity contribution >= 4 is 23.2 Å². The smallest absolute Gasteiger partial charge is 0.246 e. The molecule has 1 amide bonds. The van der Waals surface area contributed by atoms with Crippen LogP contribution in [0.1, 0.15) is 42.5 Å². The van der Waals surface area contributed by atoms with Crippen molar-refractivity contribution in [3.63, 3.8) is 0 Å². The Labute approximate surface area is 248 Å². The average Bonchev–Trinajstić information content (AvgIpc) is 3.43. The summed E-state index contributed by atoms with van der Waals surface area (Å²) in [7, 11) is 4.26. The normalized spacial score (nSPS) is 22.4. The van der Waals surface area contributed by atoms with Crippen molar-refractivity contribution in [2.45, 2.75) is 57.2 Å². The molecule has 2 atom stereocenters. The molecule has 2 aromatic rings. The maximum Gasteiger partial charge on any atom is 0.246 e. The van der Waals surface area contributed by atoms with Crippen molar-refractivity contribution < 1.29 is 9.53 Å². The Balaban J connectivity index is 1.31. The Hall–Kier alpha value is -3.91. The van der Waals surface area contributed by atoms with Gasteiger partial charge in [-0.1, -0.05) is 6.58 Å². The van der Waals surface area contributed by atoms with Crippen molar-refractivity contribution in [3.05, 3.63) is 41.9 Å². The lowest BCUT2D eigenvalue weighted by molar-refractivity contribution is -0.128. The zero-order valence-corrected chi connectivity index (χ0v) is 24.8. The Morgan fingerprint density at radius 3 is 2.71 bits per heavy atom. The zero-order valence-electron chi connectivity index (χ0n) is 24.8. The van der Waals surface area contributed by atoms with Crippen LogP contribution in [0, 0.1) is 11.3 Å². The van der Waals surface area contributed by atoms with Gasteiger partial charge < -0.3 is 29.2 Å². The summed E-state index contributed by atoms with van der Waals surface area (Å²) in [5, 5.41) is 9.53. The molecule has 0 N–H and O–H groups in total. The second-order valence-electron chi connectivity index (χ2n) is 11.9. The standard InChI is InChI=1S/C31H41N9O2/c1-4-29(41)40-16-15-38(18-22(40)9-11-32)27-17-28(42-20-23-7-5-12-36(23)2)35-26-19-39(14-10-24(26)27)31-25-8-6-13-37(3)30(25)33-21-34-31/h4,17,21-23H,1,5-10,12-16,18-20H2,2-3H3/t22-,23-/m0/s1. The quantitative estimate of drug-likeness (QED) is 0.460. The van der Waals surface area contributed by atoms with Gasteiger partial charge in [-0.2, -0.15) is 5.26 Å². The number of hydrogen-bond acceptors (Lipinski definition) is 10. The molecular formula is C31H41N9O2. The molecule has 0 bridgehead atoms. The Kier molecular flexibility index (Phi) is 8.16. The number of likely N-dealkylation sites (tertiary alicyclic amines) is 1. The second kappa shape index (κ2) is 12.1. The minimum Gasteiger partial charge on any atom is -0.476 e. The van der Waals surface area contributed by atoms with Crippen LogP contribution in [0.3, 0.4) is 0 Å². The molecule has 0 aliphatic carbocycles. The molecule has 0 radical (unpaired) electrons. The van der Waals surface area contributed by atoms with Crippen LogP contribution in [-0.2, 0) is 24.2 Å². The van der Waals surface area contributed by atoms with E-state index in [-0.39, 0.29) is 18.4 Å². The van der Waals surface area contributed by atoms with E-state index in [0.717, 1.165) is 68.3 Å². The predicted molar refractivity (Wildman–Crippen MR) is 162 cm³/mol. The van der Waals surface area contributed by atoms with Crippen LogP contribution in [0.5, 0.6) is 5.88 Å². The van der Waals surface area contributed by atoms with Gasteiger partial charge in [-0.3, -0.25) is 4.79 Å². The number of fused-ring (bicyclic) bond motifs is 2. The zero-order chi connectivity index (χ0) is 29.2. The van der Waals surface area contributed by atoms with Gasteiger partial charge in [0.15, 0.2) is 0 Å². The maximum absolute atomic E-state index is 12.5. The van der Waals surface area contributed by atoms with E-state index in [0.29, 0.717) is 44.7 Å². The molecule has 11 heteroatoms. The molecule has 0 unspecified atom stereocenters. The van der Waals surface area contributed by atoms with Crippen LogP contribution in [0.25, 0.3) is 0 Å². The summed E-state index contributed by atoms with van der Waals surface area (Å²) in [5.74, 6) is 2.55. The number of nitrogens with zero attached hydrogens (tertiary/aromatic N) is 9. The lowest BCUT2D eigenvalue weighted by atomic mass is 9.99. The van der Waals surface area contributed by atoms with Gasteiger partial charge in [0, 0.05) is 68.7 Å². The van der Waals surface area contributed by atoms with Crippen LogP contribution in [0.15, 0.2) is 25.0 Å². The monoisotopic (exact) mass is 571 g/mol. The third kappa shape index (κ3) is 5.48. The molecule has 2 saturated heterocycles. The van der Waals surface area contributed by atoms with Gasteiger partial charge in [0.25, 0.3) is 0 Å². The molecule has 6 rings (SSSR count). The Morgan fingerprint density at radius 2 is 1.93 bits per heavy atom. The molecule has 4 aliphatic rings. The van der Waals surface area contributed by atoms with Gasteiger partial charge in [0.1, 0.15) is 24.6 Å². The number of nitriles is 1. The van der Waals surface area contributed by atoms with Crippen molar-refractivity contribution in [3.8, 4) is 11.9 Å². The first kappa shape index (κ1) is 28.2. The lowest BCUT2D eigenvalue weighted by Crippen LogP contribution is -2.55. The van der Waals surface area contributed by atoms with Crippen LogP contribution in [0.4, 0.5) is 17.3 Å². The van der Waals surface area contributed by atoms with Crippen molar-refractivity contribution in [1.82, 2.24) is 24.8 Å². The SMILES string of the molecule is C=CC(=O)N1CCN(c2cc(OC[C@@H]3CCCN3C)nc3c2CCN(c2ncnc4c2CCCN4C)C3)C[C@@H]1CC#N. The summed E-state index contributed by atoms with van der Waals surface area (Å²) >= 11 is 0. The summed E-state index contributed by atoms with van der Waals surface area (Å²) in [5.41, 5.74) is 4.55. The first-order valence-electron chi connectivity index (χ1n) is 15.2. The van der Waals surface area contributed by atoms with E-state index in [9.17, 15) is 10.1 Å². The van der Waals surface area contributed by atoms with E-state index < -0.39 is 0 Å². The van der Waals surface area contributed by atoms with Crippen LogP contribution in [-0.4, -0.2) is 103 Å². The van der Waals surface area contributed by atoms with Crippen LogP contribution < -0.4 is 19.4 Å². The Morgan fingerprint density at radius 1 is 1.07 bits per heavy atom. The van der Waals surface area contributed by atoms with Crippen molar-refractivity contribution in [2.24, 2.45) is 0 Å². The first-order valence-corrected chi connectivity index (χ1v) is 15.2. The number of rotatable bonds is 7. The van der Waals surface area contributed by atoms with E-state index in [1.807, 2.05) is 0 Å². The number of ether oxygens (including phenoxy) is 1. The highest BCUT2D eigenvalue weighted by Gasteiger charge is 2.33. The first-order chi connectivity index (χ1) is 20.5. The molecule has 0 spiro atoms. The molecule has 2 aromatic heterocycles. The van der Waals surface area contributed by atoms with E-state index >= 15 is 0 Å². The third-order valence-corrected chi connectivity index (χ3v) is 9.32. The van der Waals surface area contributed by atoms with Crippen LogP contribution in [0.2, 0.25) is 0 Å². The fourth-order valence-electron chi connectivity index (χ4n) is 6.98. The van der Waals surface area contributed by atoms with Gasteiger partial charge in [0.05, 0.1) is 30.8 Å². The molecule has 2 fully saturated rings. The molecule has 11 nitrogen and oxygen atoms in total. The number of carbonyl (C=O) groups is 1. The molecule has 222 valence electrons. The van der Waals surface area contributed by atoms with E-state index in [1.54, 1.807) is 11.2 Å². The molecule has 0 saturated carbocycles. The van der Waals surface area contributed by atoms with Gasteiger partial charge in [-0.05, 0) is 51.8 Å². The van der Waals surface area contributed by atoms with Crippen molar-refractivity contribution in [2.75, 3.05) is 74.7 Å². The third-order valence-electron chi connectivity index (χ3n) is 9.32. The number of aromatic nitrogens is 3. The predicted octanol–water partition coefficient (Wildman–Crippen LogP) is 2.41. The largest absolute Gasteiger partial charge is 0.476 e. The van der Waals surface area contributed by atoms with E-state index in [1.165, 1.54) is 23.6 Å². The fraction of sp³-hybridized carbons (Fsp3) is 0.581.